The Balaban J connectivity index is 1.42. The molecule has 104 valence electrons. The molecule has 1 aromatic carbocycles. The number of amides is 1. The maximum Gasteiger partial charge on any atom is 0.224 e. The topological polar surface area (TPSA) is 57.8 Å². The molecule has 2 aromatic rings. The van der Waals surface area contributed by atoms with Crippen LogP contribution in [0.4, 0.5) is 0 Å². The van der Waals surface area contributed by atoms with Crippen molar-refractivity contribution in [1.82, 2.24) is 15.3 Å². The first kappa shape index (κ1) is 12.2. The molecule has 1 aromatic heterocycles. The molecule has 4 nitrogen and oxygen atoms in total. The van der Waals surface area contributed by atoms with Gasteiger partial charge in [0.25, 0.3) is 0 Å². The van der Waals surface area contributed by atoms with Crippen LogP contribution in [0, 0.1) is 11.3 Å². The minimum atomic E-state index is 0.184. The largest absolute Gasteiger partial charge is 0.349 e. The van der Waals surface area contributed by atoms with E-state index < -0.39 is 0 Å². The Morgan fingerprint density at radius 2 is 2.35 bits per heavy atom. The van der Waals surface area contributed by atoms with Crippen molar-refractivity contribution < 1.29 is 4.79 Å². The van der Waals surface area contributed by atoms with Crippen molar-refractivity contribution in [1.29, 1.82) is 0 Å². The SMILES string of the molecule is O=C(NCc1nc2ccc(Cl)cc2[nH]1)[C@H]1CC12CCC2. The minimum absolute atomic E-state index is 0.184. The van der Waals surface area contributed by atoms with E-state index in [4.69, 9.17) is 11.6 Å². The first-order valence-corrected chi connectivity index (χ1v) is 7.46. The fraction of sp³-hybridized carbons (Fsp3) is 0.467. The summed E-state index contributed by atoms with van der Waals surface area (Å²) in [7, 11) is 0. The van der Waals surface area contributed by atoms with E-state index in [0.29, 0.717) is 17.0 Å². The highest BCUT2D eigenvalue weighted by molar-refractivity contribution is 6.31. The van der Waals surface area contributed by atoms with Crippen LogP contribution < -0.4 is 5.32 Å². The molecule has 4 rings (SSSR count). The lowest BCUT2D eigenvalue weighted by Gasteiger charge is -2.26. The summed E-state index contributed by atoms with van der Waals surface area (Å²) < 4.78 is 0. The third-order valence-electron chi connectivity index (χ3n) is 4.78. The van der Waals surface area contributed by atoms with Crippen LogP contribution in [0.3, 0.4) is 0 Å². The number of aromatic nitrogens is 2. The number of benzene rings is 1. The molecule has 0 unspecified atom stereocenters. The van der Waals surface area contributed by atoms with Crippen molar-refractivity contribution in [3.05, 3.63) is 29.0 Å². The van der Waals surface area contributed by atoms with E-state index in [1.165, 1.54) is 19.3 Å². The van der Waals surface area contributed by atoms with Crippen molar-refractivity contribution in [2.75, 3.05) is 0 Å². The van der Waals surface area contributed by atoms with Crippen LogP contribution in [-0.2, 0) is 11.3 Å². The number of hydrogen-bond acceptors (Lipinski definition) is 2. The summed E-state index contributed by atoms with van der Waals surface area (Å²) in [5, 5.41) is 3.68. The summed E-state index contributed by atoms with van der Waals surface area (Å²) in [5.74, 6) is 1.21. The molecule has 1 amide bonds. The van der Waals surface area contributed by atoms with Gasteiger partial charge in [0.1, 0.15) is 5.82 Å². The normalized spacial score (nSPS) is 22.8. The lowest BCUT2D eigenvalue weighted by molar-refractivity contribution is -0.123. The molecule has 0 bridgehead atoms. The molecule has 2 aliphatic carbocycles. The highest BCUT2D eigenvalue weighted by atomic mass is 35.5. The van der Waals surface area contributed by atoms with Crippen LogP contribution >= 0.6 is 11.6 Å². The molecule has 1 heterocycles. The van der Waals surface area contributed by atoms with Crippen LogP contribution in [-0.4, -0.2) is 15.9 Å². The molecule has 2 fully saturated rings. The van der Waals surface area contributed by atoms with Crippen LogP contribution in [0.5, 0.6) is 0 Å². The predicted octanol–water partition coefficient (Wildman–Crippen LogP) is 3.02. The van der Waals surface area contributed by atoms with Gasteiger partial charge in [-0.3, -0.25) is 4.79 Å². The van der Waals surface area contributed by atoms with Crippen molar-refractivity contribution in [3.8, 4) is 0 Å². The summed E-state index contributed by atoms with van der Waals surface area (Å²) in [4.78, 5) is 19.7. The average Bonchev–Trinajstić information content (AvgIpc) is 3.04. The number of halogens is 1. The highest BCUT2D eigenvalue weighted by Crippen LogP contribution is 2.65. The van der Waals surface area contributed by atoms with Crippen LogP contribution in [0.1, 0.15) is 31.5 Å². The summed E-state index contributed by atoms with van der Waals surface area (Å²) in [6, 6.07) is 5.54. The second-order valence-corrected chi connectivity index (χ2v) is 6.47. The van der Waals surface area contributed by atoms with E-state index in [-0.39, 0.29) is 11.8 Å². The quantitative estimate of drug-likeness (QED) is 0.912. The van der Waals surface area contributed by atoms with Gasteiger partial charge in [-0.25, -0.2) is 4.98 Å². The number of H-pyrrole nitrogens is 1. The maximum absolute atomic E-state index is 12.1. The number of aromatic amines is 1. The van der Waals surface area contributed by atoms with E-state index in [0.717, 1.165) is 23.3 Å². The molecule has 2 saturated carbocycles. The number of carbonyl (C=O) groups is 1. The van der Waals surface area contributed by atoms with Crippen LogP contribution in [0.2, 0.25) is 5.02 Å². The number of imidazole rings is 1. The van der Waals surface area contributed by atoms with Gasteiger partial charge in [-0.2, -0.15) is 0 Å². The average molecular weight is 290 g/mol. The summed E-state index contributed by atoms with van der Waals surface area (Å²) in [6.45, 7) is 0.456. The molecular formula is C15H16ClN3O. The standard InChI is InChI=1S/C15H16ClN3O/c16-9-2-3-11-12(6-9)19-13(18-11)8-17-14(20)10-7-15(10)4-1-5-15/h2-3,6,10H,1,4-5,7-8H2,(H,17,20)(H,18,19)/t10-/m1/s1. The number of carbonyl (C=O) groups excluding carboxylic acids is 1. The van der Waals surface area contributed by atoms with Gasteiger partial charge in [0.05, 0.1) is 17.6 Å². The third kappa shape index (κ3) is 1.90. The Hall–Kier alpha value is -1.55. The Morgan fingerprint density at radius 3 is 3.05 bits per heavy atom. The zero-order valence-electron chi connectivity index (χ0n) is 11.1. The first-order valence-electron chi connectivity index (χ1n) is 7.08. The van der Waals surface area contributed by atoms with E-state index in [1.807, 2.05) is 18.2 Å². The van der Waals surface area contributed by atoms with Crippen LogP contribution in [0.15, 0.2) is 18.2 Å². The number of nitrogens with zero attached hydrogens (tertiary/aromatic N) is 1. The van der Waals surface area contributed by atoms with Crippen molar-refractivity contribution in [3.63, 3.8) is 0 Å². The molecule has 1 spiro atoms. The Bertz CT molecular complexity index is 689. The Kier molecular flexibility index (Phi) is 2.58. The first-order chi connectivity index (χ1) is 9.66. The van der Waals surface area contributed by atoms with Crippen LogP contribution in [0.25, 0.3) is 11.0 Å². The molecule has 2 N–H and O–H groups in total. The van der Waals surface area contributed by atoms with Crippen molar-refractivity contribution in [2.45, 2.75) is 32.2 Å². The second kappa shape index (κ2) is 4.22. The second-order valence-electron chi connectivity index (χ2n) is 6.04. The highest BCUT2D eigenvalue weighted by Gasteiger charge is 2.60. The number of rotatable bonds is 3. The van der Waals surface area contributed by atoms with Gasteiger partial charge in [-0.1, -0.05) is 18.0 Å². The van der Waals surface area contributed by atoms with Crippen molar-refractivity contribution >= 4 is 28.5 Å². The van der Waals surface area contributed by atoms with E-state index in [2.05, 4.69) is 15.3 Å². The predicted molar refractivity (Wildman–Crippen MR) is 77.3 cm³/mol. The number of nitrogens with one attached hydrogen (secondary N) is 2. The van der Waals surface area contributed by atoms with Gasteiger partial charge in [0, 0.05) is 10.9 Å². The molecule has 1 atom stereocenters. The summed E-state index contributed by atoms with van der Waals surface area (Å²) >= 11 is 5.94. The van der Waals surface area contributed by atoms with E-state index in [9.17, 15) is 4.79 Å². The molecule has 0 saturated heterocycles. The molecule has 5 heteroatoms. The Morgan fingerprint density at radius 1 is 1.50 bits per heavy atom. The van der Waals surface area contributed by atoms with Crippen molar-refractivity contribution in [2.24, 2.45) is 11.3 Å². The lowest BCUT2D eigenvalue weighted by atomic mass is 9.80. The monoisotopic (exact) mass is 289 g/mol. The number of fused-ring (bicyclic) bond motifs is 1. The molecular weight excluding hydrogens is 274 g/mol. The molecule has 20 heavy (non-hydrogen) atoms. The minimum Gasteiger partial charge on any atom is -0.349 e. The summed E-state index contributed by atoms with van der Waals surface area (Å²) in [5.41, 5.74) is 2.16. The van der Waals surface area contributed by atoms with Gasteiger partial charge in [-0.15, -0.1) is 0 Å². The maximum atomic E-state index is 12.1. The van der Waals surface area contributed by atoms with Gasteiger partial charge in [0.2, 0.25) is 5.91 Å². The zero-order valence-corrected chi connectivity index (χ0v) is 11.8. The molecule has 0 radical (unpaired) electrons. The van der Waals surface area contributed by atoms with Gasteiger partial charge in [0.15, 0.2) is 0 Å². The van der Waals surface area contributed by atoms with E-state index in [1.54, 1.807) is 0 Å². The fourth-order valence-electron chi connectivity index (χ4n) is 3.31. The lowest BCUT2D eigenvalue weighted by Crippen LogP contribution is -2.29. The zero-order chi connectivity index (χ0) is 13.7. The van der Waals surface area contributed by atoms with Gasteiger partial charge < -0.3 is 10.3 Å². The summed E-state index contributed by atoms with van der Waals surface area (Å²) in [6.07, 6.45) is 4.82. The van der Waals surface area contributed by atoms with E-state index >= 15 is 0 Å². The molecule has 0 aliphatic heterocycles. The fourth-order valence-corrected chi connectivity index (χ4v) is 3.49. The molecule has 2 aliphatic rings. The van der Waals surface area contributed by atoms with Gasteiger partial charge >= 0.3 is 0 Å². The third-order valence-corrected chi connectivity index (χ3v) is 5.01. The number of hydrogen-bond donors (Lipinski definition) is 2. The smallest absolute Gasteiger partial charge is 0.224 e. The Labute approximate surface area is 121 Å². The van der Waals surface area contributed by atoms with Gasteiger partial charge in [-0.05, 0) is 42.9 Å².